The maximum Gasteiger partial charge on any atom is 0.255 e. The van der Waals surface area contributed by atoms with E-state index >= 15 is 0 Å². The molecule has 0 fully saturated rings. The van der Waals surface area contributed by atoms with E-state index in [4.69, 9.17) is 5.11 Å². The minimum atomic E-state index is -0.165. The number of benzene rings is 2. The second-order valence-electron chi connectivity index (χ2n) is 4.80. The summed E-state index contributed by atoms with van der Waals surface area (Å²) in [5, 5.41) is 19.5. The predicted octanol–water partition coefficient (Wildman–Crippen LogP) is 2.35. The van der Waals surface area contributed by atoms with Crippen LogP contribution in [0, 0.1) is 0 Å². The van der Waals surface area contributed by atoms with E-state index in [-0.39, 0.29) is 12.5 Å². The number of amides is 1. The van der Waals surface area contributed by atoms with Gasteiger partial charge in [0.15, 0.2) is 0 Å². The lowest BCUT2D eigenvalue weighted by molar-refractivity contribution is 0.102. The number of nitrogens with zero attached hydrogens (tertiary/aromatic N) is 1. The van der Waals surface area contributed by atoms with Gasteiger partial charge in [-0.3, -0.25) is 9.89 Å². The molecule has 21 heavy (non-hydrogen) atoms. The van der Waals surface area contributed by atoms with Gasteiger partial charge >= 0.3 is 0 Å². The third-order valence-electron chi connectivity index (χ3n) is 3.32. The van der Waals surface area contributed by atoms with Crippen LogP contribution in [0.25, 0.3) is 10.9 Å². The van der Waals surface area contributed by atoms with E-state index in [0.717, 1.165) is 22.2 Å². The second kappa shape index (κ2) is 5.76. The molecule has 0 aliphatic carbocycles. The quantitative estimate of drug-likeness (QED) is 0.687. The second-order valence-corrected chi connectivity index (χ2v) is 4.80. The van der Waals surface area contributed by atoms with Gasteiger partial charge in [0, 0.05) is 23.2 Å². The van der Waals surface area contributed by atoms with Crippen LogP contribution in [0.15, 0.2) is 48.7 Å². The van der Waals surface area contributed by atoms with Crippen LogP contribution in [0.3, 0.4) is 0 Å². The number of hydrogen-bond acceptors (Lipinski definition) is 3. The first-order valence-corrected chi connectivity index (χ1v) is 6.70. The zero-order valence-corrected chi connectivity index (χ0v) is 11.3. The van der Waals surface area contributed by atoms with Crippen LogP contribution in [-0.2, 0) is 6.42 Å². The summed E-state index contributed by atoms with van der Waals surface area (Å²) in [5.74, 6) is -0.165. The number of hydrogen-bond donors (Lipinski definition) is 3. The monoisotopic (exact) mass is 281 g/mol. The van der Waals surface area contributed by atoms with Gasteiger partial charge in [0.25, 0.3) is 5.91 Å². The SMILES string of the molecule is O=C(Nc1ccc(CCO)cc1)c1ccc2cn[nH]c2c1. The third kappa shape index (κ3) is 2.93. The van der Waals surface area contributed by atoms with Gasteiger partial charge in [-0.1, -0.05) is 18.2 Å². The van der Waals surface area contributed by atoms with Gasteiger partial charge in [-0.2, -0.15) is 5.10 Å². The van der Waals surface area contributed by atoms with Gasteiger partial charge in [0.05, 0.1) is 11.7 Å². The number of H-pyrrole nitrogens is 1. The molecule has 0 aliphatic rings. The highest BCUT2D eigenvalue weighted by molar-refractivity contribution is 6.06. The van der Waals surface area contributed by atoms with Crippen LogP contribution < -0.4 is 5.32 Å². The van der Waals surface area contributed by atoms with Gasteiger partial charge in [-0.15, -0.1) is 0 Å². The molecule has 0 saturated carbocycles. The van der Waals surface area contributed by atoms with Crippen molar-refractivity contribution >= 4 is 22.5 Å². The number of carbonyl (C=O) groups excluding carboxylic acids is 1. The summed E-state index contributed by atoms with van der Waals surface area (Å²) in [6, 6.07) is 12.9. The number of aromatic amines is 1. The summed E-state index contributed by atoms with van der Waals surface area (Å²) < 4.78 is 0. The Hall–Kier alpha value is -2.66. The fraction of sp³-hybridized carbons (Fsp3) is 0.125. The van der Waals surface area contributed by atoms with Crippen molar-refractivity contribution in [3.05, 3.63) is 59.8 Å². The summed E-state index contributed by atoms with van der Waals surface area (Å²) in [6.45, 7) is 0.121. The molecular formula is C16H15N3O2. The number of aliphatic hydroxyl groups excluding tert-OH is 1. The van der Waals surface area contributed by atoms with E-state index in [1.54, 1.807) is 18.3 Å². The van der Waals surface area contributed by atoms with Gasteiger partial charge < -0.3 is 10.4 Å². The summed E-state index contributed by atoms with van der Waals surface area (Å²) in [4.78, 5) is 12.2. The molecule has 1 aromatic heterocycles. The maximum absolute atomic E-state index is 12.2. The molecule has 3 rings (SSSR count). The van der Waals surface area contributed by atoms with Gasteiger partial charge in [-0.05, 0) is 36.2 Å². The number of fused-ring (bicyclic) bond motifs is 1. The van der Waals surface area contributed by atoms with Crippen LogP contribution >= 0.6 is 0 Å². The fourth-order valence-corrected chi connectivity index (χ4v) is 2.17. The largest absolute Gasteiger partial charge is 0.396 e. The first-order chi connectivity index (χ1) is 10.3. The Morgan fingerprint density at radius 3 is 2.76 bits per heavy atom. The topological polar surface area (TPSA) is 78.0 Å². The van der Waals surface area contributed by atoms with Crippen LogP contribution in [-0.4, -0.2) is 27.8 Å². The van der Waals surface area contributed by atoms with E-state index in [2.05, 4.69) is 15.5 Å². The van der Waals surface area contributed by atoms with Crippen LogP contribution in [0.5, 0.6) is 0 Å². The summed E-state index contributed by atoms with van der Waals surface area (Å²) >= 11 is 0. The molecule has 0 spiro atoms. The molecule has 0 unspecified atom stereocenters. The Labute approximate surface area is 121 Å². The zero-order valence-electron chi connectivity index (χ0n) is 11.3. The van der Waals surface area contributed by atoms with E-state index in [9.17, 15) is 4.79 Å². The molecule has 0 saturated heterocycles. The van der Waals surface area contributed by atoms with Crippen LogP contribution in [0.2, 0.25) is 0 Å². The van der Waals surface area contributed by atoms with Crippen molar-refractivity contribution in [3.63, 3.8) is 0 Å². The third-order valence-corrected chi connectivity index (χ3v) is 3.32. The molecule has 0 radical (unpaired) electrons. The van der Waals surface area contributed by atoms with Gasteiger partial charge in [0.1, 0.15) is 0 Å². The molecule has 5 nitrogen and oxygen atoms in total. The minimum Gasteiger partial charge on any atom is -0.396 e. The van der Waals surface area contributed by atoms with Crippen LogP contribution in [0.4, 0.5) is 5.69 Å². The average molecular weight is 281 g/mol. The van der Waals surface area contributed by atoms with Crippen molar-refractivity contribution in [2.45, 2.75) is 6.42 Å². The lowest BCUT2D eigenvalue weighted by Gasteiger charge is -2.06. The molecular weight excluding hydrogens is 266 g/mol. The van der Waals surface area contributed by atoms with Crippen molar-refractivity contribution in [1.29, 1.82) is 0 Å². The number of nitrogens with one attached hydrogen (secondary N) is 2. The van der Waals surface area contributed by atoms with E-state index in [0.29, 0.717) is 12.0 Å². The molecule has 3 N–H and O–H groups in total. The molecule has 0 atom stereocenters. The first kappa shape index (κ1) is 13.3. The molecule has 0 bridgehead atoms. The molecule has 1 heterocycles. The van der Waals surface area contributed by atoms with E-state index in [1.807, 2.05) is 30.3 Å². The van der Waals surface area contributed by atoms with Crippen molar-refractivity contribution < 1.29 is 9.90 Å². The predicted molar refractivity (Wildman–Crippen MR) is 81.3 cm³/mol. The maximum atomic E-state index is 12.2. The lowest BCUT2D eigenvalue weighted by Crippen LogP contribution is -2.11. The highest BCUT2D eigenvalue weighted by Crippen LogP contribution is 2.15. The Kier molecular flexibility index (Phi) is 3.66. The van der Waals surface area contributed by atoms with Crippen molar-refractivity contribution in [2.24, 2.45) is 0 Å². The molecule has 3 aromatic rings. The number of rotatable bonds is 4. The standard InChI is InChI=1S/C16H15N3O2/c20-8-7-11-1-5-14(6-2-11)18-16(21)12-3-4-13-10-17-19-15(13)9-12/h1-6,9-10,20H,7-8H2,(H,17,19)(H,18,21). The molecule has 5 heteroatoms. The highest BCUT2D eigenvalue weighted by Gasteiger charge is 2.07. The number of aromatic nitrogens is 2. The Balaban J connectivity index is 1.75. The normalized spacial score (nSPS) is 10.7. The molecule has 1 amide bonds. The number of carbonyl (C=O) groups is 1. The summed E-state index contributed by atoms with van der Waals surface area (Å²) in [6.07, 6.45) is 2.33. The van der Waals surface area contributed by atoms with Crippen molar-refractivity contribution in [1.82, 2.24) is 10.2 Å². The summed E-state index contributed by atoms with van der Waals surface area (Å²) in [7, 11) is 0. The van der Waals surface area contributed by atoms with Crippen molar-refractivity contribution in [3.8, 4) is 0 Å². The molecule has 2 aromatic carbocycles. The van der Waals surface area contributed by atoms with Crippen molar-refractivity contribution in [2.75, 3.05) is 11.9 Å². The average Bonchev–Trinajstić information content (AvgIpc) is 2.97. The van der Waals surface area contributed by atoms with Gasteiger partial charge in [0.2, 0.25) is 0 Å². The molecule has 106 valence electrons. The first-order valence-electron chi connectivity index (χ1n) is 6.70. The van der Waals surface area contributed by atoms with Crippen LogP contribution in [0.1, 0.15) is 15.9 Å². The Bertz CT molecular complexity index is 763. The van der Waals surface area contributed by atoms with E-state index < -0.39 is 0 Å². The highest BCUT2D eigenvalue weighted by atomic mass is 16.2. The summed E-state index contributed by atoms with van der Waals surface area (Å²) in [5.41, 5.74) is 3.17. The number of anilines is 1. The molecule has 0 aliphatic heterocycles. The Morgan fingerprint density at radius 2 is 2.00 bits per heavy atom. The Morgan fingerprint density at radius 1 is 1.19 bits per heavy atom. The lowest BCUT2D eigenvalue weighted by atomic mass is 10.1. The van der Waals surface area contributed by atoms with Gasteiger partial charge in [-0.25, -0.2) is 0 Å². The van der Waals surface area contributed by atoms with E-state index in [1.165, 1.54) is 0 Å². The minimum absolute atomic E-state index is 0.121. The number of aliphatic hydroxyl groups is 1. The zero-order chi connectivity index (χ0) is 14.7. The fourth-order valence-electron chi connectivity index (χ4n) is 2.17. The smallest absolute Gasteiger partial charge is 0.255 e.